The molecule has 14 heavy (non-hydrogen) atoms. The van der Waals surface area contributed by atoms with E-state index in [2.05, 4.69) is 31.7 Å². The third-order valence-corrected chi connectivity index (χ3v) is 2.90. The summed E-state index contributed by atoms with van der Waals surface area (Å²) in [7, 11) is 2.16. The van der Waals surface area contributed by atoms with E-state index >= 15 is 0 Å². The van der Waals surface area contributed by atoms with Crippen LogP contribution in [-0.2, 0) is 4.74 Å². The molecule has 0 saturated carbocycles. The Labute approximate surface area is 87.6 Å². The van der Waals surface area contributed by atoms with Gasteiger partial charge in [-0.15, -0.1) is 12.3 Å². The zero-order valence-corrected chi connectivity index (χ0v) is 9.49. The van der Waals surface area contributed by atoms with Crippen molar-refractivity contribution in [2.24, 2.45) is 0 Å². The summed E-state index contributed by atoms with van der Waals surface area (Å²) in [6, 6.07) is 0.641. The first-order valence-corrected chi connectivity index (χ1v) is 5.42. The Morgan fingerprint density at radius 1 is 1.36 bits per heavy atom. The Balaban J connectivity index is 2.39. The standard InChI is InChI=1S/C12H21NO/c1-5-6-7-13(4)12-8-10(2)14-11(3)9-12/h1,10-12H,6-9H2,2-4H3. The fourth-order valence-electron chi connectivity index (χ4n) is 2.15. The summed E-state index contributed by atoms with van der Waals surface area (Å²) < 4.78 is 5.70. The molecule has 1 fully saturated rings. The molecule has 0 aliphatic carbocycles. The first kappa shape index (κ1) is 11.6. The van der Waals surface area contributed by atoms with Crippen molar-refractivity contribution in [3.05, 3.63) is 0 Å². The van der Waals surface area contributed by atoms with Gasteiger partial charge in [0, 0.05) is 19.0 Å². The first-order chi connectivity index (χ1) is 6.63. The van der Waals surface area contributed by atoms with Gasteiger partial charge in [0.15, 0.2) is 0 Å². The topological polar surface area (TPSA) is 12.5 Å². The second-order valence-corrected chi connectivity index (χ2v) is 4.32. The number of rotatable bonds is 3. The molecule has 1 aliphatic heterocycles. The van der Waals surface area contributed by atoms with E-state index in [0.717, 1.165) is 25.8 Å². The molecule has 1 rings (SSSR count). The first-order valence-electron chi connectivity index (χ1n) is 5.42. The van der Waals surface area contributed by atoms with Gasteiger partial charge in [0.05, 0.1) is 12.2 Å². The third-order valence-electron chi connectivity index (χ3n) is 2.90. The average molecular weight is 195 g/mol. The Kier molecular flexibility index (Phi) is 4.44. The molecule has 0 bridgehead atoms. The summed E-state index contributed by atoms with van der Waals surface area (Å²) in [5, 5.41) is 0. The van der Waals surface area contributed by atoms with Crippen molar-refractivity contribution in [1.29, 1.82) is 0 Å². The van der Waals surface area contributed by atoms with Crippen LogP contribution in [0.15, 0.2) is 0 Å². The van der Waals surface area contributed by atoms with Gasteiger partial charge in [-0.2, -0.15) is 0 Å². The number of terminal acetylenes is 1. The van der Waals surface area contributed by atoms with Gasteiger partial charge in [-0.05, 0) is 33.7 Å². The smallest absolute Gasteiger partial charge is 0.0565 e. The number of hydrogen-bond donors (Lipinski definition) is 0. The maximum Gasteiger partial charge on any atom is 0.0565 e. The zero-order valence-electron chi connectivity index (χ0n) is 9.49. The highest BCUT2D eigenvalue weighted by molar-refractivity contribution is 4.86. The molecule has 0 aromatic carbocycles. The minimum atomic E-state index is 0.386. The molecule has 0 radical (unpaired) electrons. The summed E-state index contributed by atoms with van der Waals surface area (Å²) in [6.07, 6.45) is 9.14. The van der Waals surface area contributed by atoms with Crippen LogP contribution in [0.4, 0.5) is 0 Å². The molecule has 0 N–H and O–H groups in total. The summed E-state index contributed by atoms with van der Waals surface area (Å²) in [5.74, 6) is 2.69. The van der Waals surface area contributed by atoms with Crippen LogP contribution in [0.25, 0.3) is 0 Å². The number of hydrogen-bond acceptors (Lipinski definition) is 2. The van der Waals surface area contributed by atoms with Crippen LogP contribution in [0.5, 0.6) is 0 Å². The van der Waals surface area contributed by atoms with Crippen molar-refractivity contribution >= 4 is 0 Å². The largest absolute Gasteiger partial charge is 0.375 e. The third kappa shape index (κ3) is 3.32. The predicted molar refractivity (Wildman–Crippen MR) is 59.1 cm³/mol. The second-order valence-electron chi connectivity index (χ2n) is 4.32. The molecule has 0 aromatic rings. The van der Waals surface area contributed by atoms with E-state index in [0.29, 0.717) is 18.2 Å². The highest BCUT2D eigenvalue weighted by atomic mass is 16.5. The quantitative estimate of drug-likeness (QED) is 0.638. The highest BCUT2D eigenvalue weighted by Crippen LogP contribution is 2.22. The summed E-state index contributed by atoms with van der Waals surface area (Å²) >= 11 is 0. The molecule has 1 aliphatic rings. The molecule has 2 unspecified atom stereocenters. The lowest BCUT2D eigenvalue weighted by atomic mass is 9.98. The molecule has 0 aromatic heterocycles. The molecule has 2 atom stereocenters. The van der Waals surface area contributed by atoms with Gasteiger partial charge in [-0.1, -0.05) is 0 Å². The summed E-state index contributed by atoms with van der Waals surface area (Å²) in [4.78, 5) is 2.37. The molecule has 1 saturated heterocycles. The lowest BCUT2D eigenvalue weighted by molar-refractivity contribution is -0.0609. The molecule has 0 amide bonds. The monoisotopic (exact) mass is 195 g/mol. The van der Waals surface area contributed by atoms with Crippen LogP contribution in [-0.4, -0.2) is 36.7 Å². The summed E-state index contributed by atoms with van der Waals surface area (Å²) in [5.41, 5.74) is 0. The second kappa shape index (κ2) is 5.38. The van der Waals surface area contributed by atoms with Crippen molar-refractivity contribution in [3.63, 3.8) is 0 Å². The van der Waals surface area contributed by atoms with Crippen molar-refractivity contribution in [2.75, 3.05) is 13.6 Å². The maximum atomic E-state index is 5.70. The number of nitrogens with zero attached hydrogens (tertiary/aromatic N) is 1. The van der Waals surface area contributed by atoms with Crippen LogP contribution < -0.4 is 0 Å². The van der Waals surface area contributed by atoms with Gasteiger partial charge in [0.2, 0.25) is 0 Å². The minimum Gasteiger partial charge on any atom is -0.375 e. The van der Waals surface area contributed by atoms with E-state index in [1.807, 2.05) is 0 Å². The van der Waals surface area contributed by atoms with Gasteiger partial charge in [-0.3, -0.25) is 0 Å². The SMILES string of the molecule is C#CCCN(C)C1CC(C)OC(C)C1. The summed E-state index contributed by atoms with van der Waals surface area (Å²) in [6.45, 7) is 5.30. The van der Waals surface area contributed by atoms with Crippen LogP contribution in [0.2, 0.25) is 0 Å². The Morgan fingerprint density at radius 2 is 1.93 bits per heavy atom. The fraction of sp³-hybridized carbons (Fsp3) is 0.833. The van der Waals surface area contributed by atoms with E-state index in [1.54, 1.807) is 0 Å². The van der Waals surface area contributed by atoms with Crippen LogP contribution >= 0.6 is 0 Å². The fourth-order valence-corrected chi connectivity index (χ4v) is 2.15. The molecular weight excluding hydrogens is 174 g/mol. The van der Waals surface area contributed by atoms with Gasteiger partial charge in [0.25, 0.3) is 0 Å². The number of ether oxygens (including phenoxy) is 1. The van der Waals surface area contributed by atoms with E-state index in [4.69, 9.17) is 11.2 Å². The highest BCUT2D eigenvalue weighted by Gasteiger charge is 2.26. The van der Waals surface area contributed by atoms with Crippen LogP contribution in [0.1, 0.15) is 33.1 Å². The van der Waals surface area contributed by atoms with E-state index in [9.17, 15) is 0 Å². The predicted octanol–water partition coefficient (Wildman–Crippen LogP) is 1.90. The normalized spacial score (nSPS) is 32.9. The Bertz CT molecular complexity index is 199. The van der Waals surface area contributed by atoms with Crippen molar-refractivity contribution in [3.8, 4) is 12.3 Å². The molecule has 2 nitrogen and oxygen atoms in total. The molecular formula is C12H21NO. The van der Waals surface area contributed by atoms with Crippen LogP contribution in [0, 0.1) is 12.3 Å². The van der Waals surface area contributed by atoms with E-state index in [1.165, 1.54) is 0 Å². The lowest BCUT2D eigenvalue weighted by Gasteiger charge is -2.37. The van der Waals surface area contributed by atoms with E-state index < -0.39 is 0 Å². The Hall–Kier alpha value is -0.520. The average Bonchev–Trinajstić information content (AvgIpc) is 2.12. The molecule has 1 heterocycles. The van der Waals surface area contributed by atoms with Crippen molar-refractivity contribution < 1.29 is 4.74 Å². The molecule has 80 valence electrons. The molecule has 2 heteroatoms. The van der Waals surface area contributed by atoms with Gasteiger partial charge < -0.3 is 9.64 Å². The van der Waals surface area contributed by atoms with Crippen LogP contribution in [0.3, 0.4) is 0 Å². The van der Waals surface area contributed by atoms with Crippen molar-refractivity contribution in [1.82, 2.24) is 4.90 Å². The Morgan fingerprint density at radius 3 is 2.43 bits per heavy atom. The van der Waals surface area contributed by atoms with E-state index in [-0.39, 0.29) is 0 Å². The zero-order chi connectivity index (χ0) is 10.6. The maximum absolute atomic E-state index is 5.70. The lowest BCUT2D eigenvalue weighted by Crippen LogP contribution is -2.42. The minimum absolute atomic E-state index is 0.386. The van der Waals surface area contributed by atoms with Crippen molar-refractivity contribution in [2.45, 2.75) is 51.4 Å². The van der Waals surface area contributed by atoms with Gasteiger partial charge in [-0.25, -0.2) is 0 Å². The molecule has 0 spiro atoms. The van der Waals surface area contributed by atoms with Gasteiger partial charge >= 0.3 is 0 Å². The van der Waals surface area contributed by atoms with Gasteiger partial charge in [0.1, 0.15) is 0 Å².